The van der Waals surface area contributed by atoms with E-state index < -0.39 is 11.7 Å². The average molecular weight is 402 g/mol. The van der Waals surface area contributed by atoms with Crippen molar-refractivity contribution in [2.75, 3.05) is 12.5 Å². The third kappa shape index (κ3) is 5.89. The van der Waals surface area contributed by atoms with Crippen molar-refractivity contribution in [3.05, 3.63) is 89.5 Å². The second kappa shape index (κ2) is 9.34. The first-order valence-electron chi connectivity index (χ1n) is 8.95. The van der Waals surface area contributed by atoms with E-state index in [1.165, 1.54) is 13.2 Å². The largest absolute Gasteiger partial charge is 0.493 e. The fourth-order valence-electron chi connectivity index (χ4n) is 2.71. The number of anilines is 1. The van der Waals surface area contributed by atoms with Crippen LogP contribution in [0.4, 0.5) is 18.9 Å². The van der Waals surface area contributed by atoms with Crippen molar-refractivity contribution in [1.29, 1.82) is 0 Å². The maximum absolute atomic E-state index is 12.9. The summed E-state index contributed by atoms with van der Waals surface area (Å²) < 4.78 is 49.7. The zero-order chi connectivity index (χ0) is 20.7. The van der Waals surface area contributed by atoms with Crippen molar-refractivity contribution in [3.8, 4) is 11.5 Å². The van der Waals surface area contributed by atoms with Crippen LogP contribution in [0.5, 0.6) is 11.5 Å². The van der Waals surface area contributed by atoms with Crippen LogP contribution >= 0.6 is 0 Å². The van der Waals surface area contributed by atoms with Crippen LogP contribution < -0.4 is 20.3 Å². The molecule has 0 bridgehead atoms. The van der Waals surface area contributed by atoms with Gasteiger partial charge in [-0.15, -0.1) is 0 Å². The Labute approximate surface area is 167 Å². The van der Waals surface area contributed by atoms with E-state index in [2.05, 4.69) is 10.9 Å². The molecular formula is C22H21F3N2O2. The standard InChI is InChI=1S/C22H21F3N2O2/c1-28-20-11-10-16(14-26-27-19-8-3-2-4-9-19)13-21(20)29-15-17-6-5-7-18(12-17)22(23,24)25/h2-13,26-27H,14-15H2,1H3. The minimum atomic E-state index is -4.38. The summed E-state index contributed by atoms with van der Waals surface area (Å²) in [6, 6.07) is 20.2. The van der Waals surface area contributed by atoms with Crippen molar-refractivity contribution in [2.24, 2.45) is 0 Å². The highest BCUT2D eigenvalue weighted by atomic mass is 19.4. The van der Waals surface area contributed by atoms with Crippen molar-refractivity contribution < 1.29 is 22.6 Å². The normalized spacial score (nSPS) is 11.2. The van der Waals surface area contributed by atoms with Gasteiger partial charge < -0.3 is 14.9 Å². The first-order chi connectivity index (χ1) is 14.0. The summed E-state index contributed by atoms with van der Waals surface area (Å²) in [6.07, 6.45) is -4.38. The molecule has 0 aliphatic heterocycles. The molecule has 0 aromatic heterocycles. The molecule has 0 saturated heterocycles. The molecule has 3 aromatic carbocycles. The molecule has 0 amide bonds. The van der Waals surface area contributed by atoms with Crippen molar-refractivity contribution in [1.82, 2.24) is 5.43 Å². The Bertz CT molecular complexity index is 931. The molecule has 3 aromatic rings. The molecule has 7 heteroatoms. The first kappa shape index (κ1) is 20.5. The van der Waals surface area contributed by atoms with Gasteiger partial charge in [-0.05, 0) is 47.5 Å². The fraction of sp³-hybridized carbons (Fsp3) is 0.182. The third-order valence-electron chi connectivity index (χ3n) is 4.18. The molecule has 0 radical (unpaired) electrons. The van der Waals surface area contributed by atoms with E-state index in [1.54, 1.807) is 18.2 Å². The maximum Gasteiger partial charge on any atom is 0.416 e. The van der Waals surface area contributed by atoms with Gasteiger partial charge >= 0.3 is 6.18 Å². The molecule has 0 heterocycles. The maximum atomic E-state index is 12.9. The van der Waals surface area contributed by atoms with E-state index in [4.69, 9.17) is 9.47 Å². The molecule has 0 aliphatic carbocycles. The third-order valence-corrected chi connectivity index (χ3v) is 4.18. The van der Waals surface area contributed by atoms with Crippen LogP contribution in [0.2, 0.25) is 0 Å². The highest BCUT2D eigenvalue weighted by molar-refractivity contribution is 5.44. The number of para-hydroxylation sites is 1. The van der Waals surface area contributed by atoms with E-state index in [1.807, 2.05) is 36.4 Å². The van der Waals surface area contributed by atoms with Gasteiger partial charge in [-0.1, -0.05) is 36.4 Å². The number of hydrogen-bond acceptors (Lipinski definition) is 4. The highest BCUT2D eigenvalue weighted by Crippen LogP contribution is 2.31. The van der Waals surface area contributed by atoms with Crippen LogP contribution in [-0.4, -0.2) is 7.11 Å². The van der Waals surface area contributed by atoms with E-state index in [0.29, 0.717) is 23.6 Å². The summed E-state index contributed by atoms with van der Waals surface area (Å²) in [7, 11) is 1.52. The number of hydrazine groups is 1. The topological polar surface area (TPSA) is 42.5 Å². The Hall–Kier alpha value is -3.19. The number of benzene rings is 3. The number of halogens is 3. The lowest BCUT2D eigenvalue weighted by Gasteiger charge is -2.14. The molecule has 4 nitrogen and oxygen atoms in total. The molecule has 2 N–H and O–H groups in total. The van der Waals surface area contributed by atoms with Gasteiger partial charge in [0.1, 0.15) is 6.61 Å². The van der Waals surface area contributed by atoms with Gasteiger partial charge in [0.2, 0.25) is 0 Å². The Balaban J connectivity index is 1.64. The number of rotatable bonds is 8. The Kier molecular flexibility index (Phi) is 6.61. The second-order valence-corrected chi connectivity index (χ2v) is 6.32. The minimum absolute atomic E-state index is 0.000568. The van der Waals surface area contributed by atoms with Gasteiger partial charge in [0.25, 0.3) is 0 Å². The predicted octanol–water partition coefficient (Wildman–Crippen LogP) is 5.41. The Morgan fingerprint density at radius 1 is 0.828 bits per heavy atom. The quantitative estimate of drug-likeness (QED) is 0.495. The molecule has 0 unspecified atom stereocenters. The first-order valence-corrected chi connectivity index (χ1v) is 8.95. The van der Waals surface area contributed by atoms with Crippen LogP contribution in [0.15, 0.2) is 72.8 Å². The van der Waals surface area contributed by atoms with Crippen LogP contribution in [0.25, 0.3) is 0 Å². The zero-order valence-electron chi connectivity index (χ0n) is 15.8. The van der Waals surface area contributed by atoms with E-state index in [-0.39, 0.29) is 6.61 Å². The average Bonchev–Trinajstić information content (AvgIpc) is 2.73. The summed E-state index contributed by atoms with van der Waals surface area (Å²) in [5.74, 6) is 0.973. The number of nitrogens with one attached hydrogen (secondary N) is 2. The predicted molar refractivity (Wildman–Crippen MR) is 106 cm³/mol. The van der Waals surface area contributed by atoms with Crippen LogP contribution in [0, 0.1) is 0 Å². The number of methoxy groups -OCH3 is 1. The molecule has 0 saturated carbocycles. The Morgan fingerprint density at radius 3 is 2.34 bits per heavy atom. The van der Waals surface area contributed by atoms with Crippen LogP contribution in [-0.2, 0) is 19.3 Å². The van der Waals surface area contributed by atoms with E-state index in [9.17, 15) is 13.2 Å². The molecule has 0 atom stereocenters. The summed E-state index contributed by atoms with van der Waals surface area (Å²) in [5, 5.41) is 0. The van der Waals surface area contributed by atoms with E-state index >= 15 is 0 Å². The van der Waals surface area contributed by atoms with Gasteiger partial charge in [-0.2, -0.15) is 13.2 Å². The van der Waals surface area contributed by atoms with Crippen molar-refractivity contribution >= 4 is 5.69 Å². The van der Waals surface area contributed by atoms with Gasteiger partial charge in [0.05, 0.1) is 12.7 Å². The summed E-state index contributed by atoms with van der Waals surface area (Å²) in [5.41, 5.74) is 7.79. The van der Waals surface area contributed by atoms with Crippen molar-refractivity contribution in [3.63, 3.8) is 0 Å². The molecule has 29 heavy (non-hydrogen) atoms. The Morgan fingerprint density at radius 2 is 1.62 bits per heavy atom. The minimum Gasteiger partial charge on any atom is -0.493 e. The van der Waals surface area contributed by atoms with Gasteiger partial charge in [-0.3, -0.25) is 0 Å². The van der Waals surface area contributed by atoms with Gasteiger partial charge in [0, 0.05) is 12.2 Å². The molecule has 152 valence electrons. The number of alkyl halides is 3. The molecular weight excluding hydrogens is 381 g/mol. The van der Waals surface area contributed by atoms with E-state index in [0.717, 1.165) is 23.4 Å². The number of ether oxygens (including phenoxy) is 2. The lowest BCUT2D eigenvalue weighted by atomic mass is 10.1. The lowest BCUT2D eigenvalue weighted by Crippen LogP contribution is -2.20. The molecule has 0 fully saturated rings. The lowest BCUT2D eigenvalue weighted by molar-refractivity contribution is -0.137. The molecule has 0 spiro atoms. The monoisotopic (exact) mass is 402 g/mol. The fourth-order valence-corrected chi connectivity index (χ4v) is 2.71. The van der Waals surface area contributed by atoms with Crippen LogP contribution in [0.3, 0.4) is 0 Å². The summed E-state index contributed by atoms with van der Waals surface area (Å²) in [4.78, 5) is 0. The van der Waals surface area contributed by atoms with Crippen LogP contribution in [0.1, 0.15) is 16.7 Å². The summed E-state index contributed by atoms with van der Waals surface area (Å²) in [6.45, 7) is 0.512. The molecule has 0 aliphatic rings. The van der Waals surface area contributed by atoms with Gasteiger partial charge in [-0.25, -0.2) is 5.43 Å². The highest BCUT2D eigenvalue weighted by Gasteiger charge is 2.30. The smallest absolute Gasteiger partial charge is 0.416 e. The number of hydrogen-bond donors (Lipinski definition) is 2. The van der Waals surface area contributed by atoms with Crippen molar-refractivity contribution in [2.45, 2.75) is 19.3 Å². The van der Waals surface area contributed by atoms with Gasteiger partial charge in [0.15, 0.2) is 11.5 Å². The SMILES string of the molecule is COc1ccc(CNNc2ccccc2)cc1OCc1cccc(C(F)(F)F)c1. The summed E-state index contributed by atoms with van der Waals surface area (Å²) >= 11 is 0. The zero-order valence-corrected chi connectivity index (χ0v) is 15.8. The molecule has 3 rings (SSSR count). The second-order valence-electron chi connectivity index (χ2n) is 6.32.